The van der Waals surface area contributed by atoms with Gasteiger partial charge in [0.1, 0.15) is 6.10 Å². The van der Waals surface area contributed by atoms with Gasteiger partial charge >= 0.3 is 7.82 Å². The Bertz CT molecular complexity index is 288. The van der Waals surface area contributed by atoms with Gasteiger partial charge in [-0.3, -0.25) is 9.05 Å². The number of allylic oxidation sites excluding steroid dienone is 2. The van der Waals surface area contributed by atoms with Gasteiger partial charge in [0, 0.05) is 0 Å². The molecule has 5 heteroatoms. The van der Waals surface area contributed by atoms with Gasteiger partial charge in [-0.1, -0.05) is 24.3 Å². The van der Waals surface area contributed by atoms with Crippen molar-refractivity contribution in [2.24, 2.45) is 0 Å². The van der Waals surface area contributed by atoms with Crippen molar-refractivity contribution in [3.8, 4) is 0 Å². The van der Waals surface area contributed by atoms with E-state index in [4.69, 9.17) is 9.05 Å². The molecular formula is C9H15O4P. The van der Waals surface area contributed by atoms with E-state index in [1.165, 1.54) is 0 Å². The molecule has 0 radical (unpaired) electrons. The summed E-state index contributed by atoms with van der Waals surface area (Å²) in [6, 6.07) is 0. The van der Waals surface area contributed by atoms with Gasteiger partial charge in [-0.15, -0.1) is 0 Å². The first-order valence-electron chi connectivity index (χ1n) is 4.35. The molecule has 0 bridgehead atoms. The van der Waals surface area contributed by atoms with Crippen LogP contribution in [0.4, 0.5) is 0 Å². The third kappa shape index (κ3) is 4.20. The summed E-state index contributed by atoms with van der Waals surface area (Å²) >= 11 is 0. The van der Waals surface area contributed by atoms with Crippen LogP contribution < -0.4 is 0 Å². The van der Waals surface area contributed by atoms with E-state index in [0.717, 1.165) is 0 Å². The largest absolute Gasteiger partial charge is 0.473 e. The van der Waals surface area contributed by atoms with Crippen molar-refractivity contribution in [2.45, 2.75) is 32.5 Å². The molecular weight excluding hydrogens is 203 g/mol. The molecule has 0 fully saturated rings. The normalized spacial score (nSPS) is 21.4. The molecule has 0 spiro atoms. The molecule has 0 saturated heterocycles. The average molecular weight is 218 g/mol. The molecule has 0 heterocycles. The molecule has 0 saturated carbocycles. The fourth-order valence-electron chi connectivity index (χ4n) is 1.00. The van der Waals surface area contributed by atoms with Crippen molar-refractivity contribution in [1.82, 2.24) is 0 Å². The second kappa shape index (κ2) is 3.99. The molecule has 0 aromatic heterocycles. The van der Waals surface area contributed by atoms with E-state index in [1.54, 1.807) is 45.1 Å². The number of hydrogen-bond acceptors (Lipinski definition) is 3. The van der Waals surface area contributed by atoms with E-state index >= 15 is 0 Å². The fraction of sp³-hybridized carbons (Fsp3) is 0.556. The average Bonchev–Trinajstić information content (AvgIpc) is 2.31. The second-order valence-corrected chi connectivity index (χ2v) is 5.34. The molecule has 1 N–H and O–H groups in total. The minimum absolute atomic E-state index is 0.465. The zero-order valence-corrected chi connectivity index (χ0v) is 9.40. The lowest BCUT2D eigenvalue weighted by Gasteiger charge is -2.23. The SMILES string of the molecule is CC(C)(C)OP(=O)(O)OC1C=CC=C1. The highest BCUT2D eigenvalue weighted by molar-refractivity contribution is 7.47. The van der Waals surface area contributed by atoms with Gasteiger partial charge < -0.3 is 4.89 Å². The molecule has 4 nitrogen and oxygen atoms in total. The van der Waals surface area contributed by atoms with Gasteiger partial charge in [-0.05, 0) is 20.8 Å². The summed E-state index contributed by atoms with van der Waals surface area (Å²) in [6.07, 6.45) is 6.39. The first kappa shape index (κ1) is 11.7. The summed E-state index contributed by atoms with van der Waals surface area (Å²) in [6.45, 7) is 5.08. The van der Waals surface area contributed by atoms with Crippen molar-refractivity contribution in [3.63, 3.8) is 0 Å². The summed E-state index contributed by atoms with van der Waals surface area (Å²) in [7, 11) is -3.97. The van der Waals surface area contributed by atoms with Gasteiger partial charge in [0.25, 0.3) is 0 Å². The Labute approximate surface area is 83.8 Å². The van der Waals surface area contributed by atoms with E-state index in [0.29, 0.717) is 0 Å². The standard InChI is InChI=1S/C9H15O4P/c1-9(2,3)13-14(10,11)12-8-6-4-5-7-8/h4-8H,1-3H3,(H,10,11). The van der Waals surface area contributed by atoms with E-state index in [1.807, 2.05) is 0 Å². The van der Waals surface area contributed by atoms with Gasteiger partial charge in [0.15, 0.2) is 0 Å². The third-order valence-corrected chi connectivity index (χ3v) is 2.65. The summed E-state index contributed by atoms with van der Waals surface area (Å²) in [5, 5.41) is 0. The Hall–Kier alpha value is -0.410. The molecule has 1 unspecified atom stereocenters. The molecule has 1 aliphatic rings. The van der Waals surface area contributed by atoms with Crippen LogP contribution in [-0.4, -0.2) is 16.6 Å². The van der Waals surface area contributed by atoms with E-state index in [2.05, 4.69) is 0 Å². The van der Waals surface area contributed by atoms with Crippen LogP contribution in [0.5, 0.6) is 0 Å². The second-order valence-electron chi connectivity index (χ2n) is 4.01. The summed E-state index contributed by atoms with van der Waals surface area (Å²) in [5.41, 5.74) is -0.698. The third-order valence-electron chi connectivity index (χ3n) is 1.36. The molecule has 1 atom stereocenters. The molecule has 14 heavy (non-hydrogen) atoms. The van der Waals surface area contributed by atoms with Crippen LogP contribution in [0.2, 0.25) is 0 Å². The zero-order chi connectivity index (χ0) is 10.8. The van der Waals surface area contributed by atoms with Crippen LogP contribution in [0.25, 0.3) is 0 Å². The summed E-state index contributed by atoms with van der Waals surface area (Å²) < 4.78 is 21.2. The van der Waals surface area contributed by atoms with Gasteiger partial charge in [-0.2, -0.15) is 0 Å². The highest BCUT2D eigenvalue weighted by Gasteiger charge is 2.30. The molecule has 80 valence electrons. The van der Waals surface area contributed by atoms with Gasteiger partial charge in [0.2, 0.25) is 0 Å². The maximum atomic E-state index is 11.4. The van der Waals surface area contributed by atoms with Crippen molar-refractivity contribution >= 4 is 7.82 Å². The Morgan fingerprint density at radius 2 is 1.79 bits per heavy atom. The van der Waals surface area contributed by atoms with Crippen molar-refractivity contribution < 1.29 is 18.5 Å². The fourth-order valence-corrected chi connectivity index (χ4v) is 2.19. The molecule has 0 aromatic rings. The number of hydrogen-bond donors (Lipinski definition) is 1. The minimum Gasteiger partial charge on any atom is -0.302 e. The first-order chi connectivity index (χ1) is 6.29. The predicted octanol–water partition coefficient (Wildman–Crippen LogP) is 2.41. The van der Waals surface area contributed by atoms with Gasteiger partial charge in [0.05, 0.1) is 5.60 Å². The van der Waals surface area contributed by atoms with Crippen molar-refractivity contribution in [2.75, 3.05) is 0 Å². The summed E-state index contributed by atoms with van der Waals surface area (Å²) in [4.78, 5) is 9.35. The zero-order valence-electron chi connectivity index (χ0n) is 8.51. The summed E-state index contributed by atoms with van der Waals surface area (Å²) in [5.74, 6) is 0. The molecule has 1 aliphatic carbocycles. The quantitative estimate of drug-likeness (QED) is 0.739. The predicted molar refractivity (Wildman–Crippen MR) is 53.8 cm³/mol. The Kier molecular flexibility index (Phi) is 3.32. The highest BCUT2D eigenvalue weighted by Crippen LogP contribution is 2.48. The van der Waals surface area contributed by atoms with E-state index in [9.17, 15) is 9.46 Å². The molecule has 1 rings (SSSR count). The van der Waals surface area contributed by atoms with Crippen LogP contribution in [0.15, 0.2) is 24.3 Å². The van der Waals surface area contributed by atoms with Crippen molar-refractivity contribution in [3.05, 3.63) is 24.3 Å². The van der Waals surface area contributed by atoms with Gasteiger partial charge in [-0.25, -0.2) is 4.57 Å². The maximum absolute atomic E-state index is 11.4. The topological polar surface area (TPSA) is 55.8 Å². The maximum Gasteiger partial charge on any atom is 0.473 e. The lowest BCUT2D eigenvalue weighted by Crippen LogP contribution is -2.19. The van der Waals surface area contributed by atoms with Crippen LogP contribution in [0.3, 0.4) is 0 Å². The molecule has 0 amide bonds. The minimum atomic E-state index is -3.97. The molecule has 0 aliphatic heterocycles. The number of rotatable bonds is 3. The Morgan fingerprint density at radius 3 is 2.21 bits per heavy atom. The Balaban J connectivity index is 2.53. The van der Waals surface area contributed by atoms with Crippen LogP contribution >= 0.6 is 7.82 Å². The van der Waals surface area contributed by atoms with Crippen LogP contribution in [0, 0.1) is 0 Å². The van der Waals surface area contributed by atoms with E-state index < -0.39 is 19.5 Å². The Morgan fingerprint density at radius 1 is 1.29 bits per heavy atom. The van der Waals surface area contributed by atoms with Crippen molar-refractivity contribution in [1.29, 1.82) is 0 Å². The molecule has 0 aromatic carbocycles. The van der Waals surface area contributed by atoms with E-state index in [-0.39, 0.29) is 0 Å². The highest BCUT2D eigenvalue weighted by atomic mass is 31.2. The van der Waals surface area contributed by atoms with Crippen LogP contribution in [0.1, 0.15) is 20.8 Å². The number of phosphoric acid groups is 1. The first-order valence-corrected chi connectivity index (χ1v) is 5.85. The van der Waals surface area contributed by atoms with Crippen LogP contribution in [-0.2, 0) is 13.6 Å². The smallest absolute Gasteiger partial charge is 0.302 e. The lowest BCUT2D eigenvalue weighted by atomic mass is 10.2. The monoisotopic (exact) mass is 218 g/mol. The number of phosphoric ester groups is 1. The lowest BCUT2D eigenvalue weighted by molar-refractivity contribution is 0.0581.